The molecular formula is C15H14ClN3O4S. The van der Waals surface area contributed by atoms with Crippen molar-refractivity contribution in [3.8, 4) is 0 Å². The predicted molar refractivity (Wildman–Crippen MR) is 90.6 cm³/mol. The van der Waals surface area contributed by atoms with E-state index < -0.39 is 15.9 Å². The van der Waals surface area contributed by atoms with Crippen LogP contribution in [0.4, 0.5) is 5.69 Å². The second kappa shape index (κ2) is 7.00. The number of hydrogen-bond acceptors (Lipinski definition) is 4. The molecule has 0 aliphatic carbocycles. The molecule has 0 radical (unpaired) electrons. The summed E-state index contributed by atoms with van der Waals surface area (Å²) in [4.78, 5) is 23.7. The quantitative estimate of drug-likeness (QED) is 0.760. The number of rotatable bonds is 4. The van der Waals surface area contributed by atoms with Gasteiger partial charge in [0.25, 0.3) is 11.8 Å². The van der Waals surface area contributed by atoms with E-state index in [2.05, 4.69) is 10.6 Å². The van der Waals surface area contributed by atoms with Crippen molar-refractivity contribution in [2.45, 2.75) is 4.90 Å². The number of benzene rings is 2. The van der Waals surface area contributed by atoms with Crippen LogP contribution in [0.5, 0.6) is 0 Å². The fourth-order valence-corrected chi connectivity index (χ4v) is 2.68. The number of amides is 2. The number of carbonyl (C=O) groups is 2. The lowest BCUT2D eigenvalue weighted by Gasteiger charge is -2.09. The molecule has 126 valence electrons. The molecule has 2 rings (SSSR count). The van der Waals surface area contributed by atoms with Crippen LogP contribution in [0.15, 0.2) is 47.4 Å². The molecule has 9 heteroatoms. The minimum Gasteiger partial charge on any atom is -0.355 e. The Morgan fingerprint density at radius 3 is 2.42 bits per heavy atom. The van der Waals surface area contributed by atoms with Crippen molar-refractivity contribution in [1.82, 2.24) is 5.32 Å². The highest BCUT2D eigenvalue weighted by atomic mass is 35.5. The lowest BCUT2D eigenvalue weighted by Crippen LogP contribution is -2.19. The highest BCUT2D eigenvalue weighted by Crippen LogP contribution is 2.21. The third kappa shape index (κ3) is 4.10. The lowest BCUT2D eigenvalue weighted by atomic mass is 10.1. The summed E-state index contributed by atoms with van der Waals surface area (Å²) in [6.07, 6.45) is 0. The van der Waals surface area contributed by atoms with Gasteiger partial charge in [0, 0.05) is 18.3 Å². The molecule has 0 saturated carbocycles. The van der Waals surface area contributed by atoms with Crippen molar-refractivity contribution in [2.24, 2.45) is 5.14 Å². The molecule has 0 unspecified atom stereocenters. The number of nitrogens with one attached hydrogen (secondary N) is 2. The zero-order valence-electron chi connectivity index (χ0n) is 12.5. The molecule has 0 bridgehead atoms. The number of halogens is 1. The minimum atomic E-state index is -3.96. The van der Waals surface area contributed by atoms with Crippen LogP contribution in [0.2, 0.25) is 5.02 Å². The maximum atomic E-state index is 12.3. The first-order chi connectivity index (χ1) is 11.2. The Morgan fingerprint density at radius 1 is 1.08 bits per heavy atom. The molecule has 0 spiro atoms. The summed E-state index contributed by atoms with van der Waals surface area (Å²) in [5, 5.41) is 10.2. The number of nitrogens with two attached hydrogens (primary N) is 1. The largest absolute Gasteiger partial charge is 0.355 e. The van der Waals surface area contributed by atoms with Crippen LogP contribution < -0.4 is 15.8 Å². The minimum absolute atomic E-state index is 0.0477. The van der Waals surface area contributed by atoms with Crippen LogP contribution in [0, 0.1) is 0 Å². The first-order valence-electron chi connectivity index (χ1n) is 6.68. The van der Waals surface area contributed by atoms with Crippen molar-refractivity contribution >= 4 is 39.1 Å². The van der Waals surface area contributed by atoms with Gasteiger partial charge in [-0.1, -0.05) is 17.7 Å². The Labute approximate surface area is 143 Å². The van der Waals surface area contributed by atoms with E-state index in [1.807, 2.05) is 0 Å². The second-order valence-corrected chi connectivity index (χ2v) is 6.77. The summed E-state index contributed by atoms with van der Waals surface area (Å²) in [5.41, 5.74) is 0.673. The number of sulfonamides is 1. The summed E-state index contributed by atoms with van der Waals surface area (Å²) in [5.74, 6) is -0.931. The summed E-state index contributed by atoms with van der Waals surface area (Å²) >= 11 is 5.95. The Hall–Kier alpha value is -2.42. The normalized spacial score (nSPS) is 11.0. The fourth-order valence-electron chi connectivity index (χ4n) is 1.94. The van der Waals surface area contributed by atoms with E-state index in [4.69, 9.17) is 16.7 Å². The topological polar surface area (TPSA) is 118 Å². The smallest absolute Gasteiger partial charge is 0.257 e. The molecule has 0 fully saturated rings. The maximum absolute atomic E-state index is 12.3. The Morgan fingerprint density at radius 2 is 1.79 bits per heavy atom. The van der Waals surface area contributed by atoms with E-state index in [1.165, 1.54) is 25.2 Å². The Bertz CT molecular complexity index is 913. The van der Waals surface area contributed by atoms with E-state index in [0.717, 1.165) is 6.07 Å². The summed E-state index contributed by atoms with van der Waals surface area (Å²) < 4.78 is 22.8. The van der Waals surface area contributed by atoms with Gasteiger partial charge >= 0.3 is 0 Å². The fraction of sp³-hybridized carbons (Fsp3) is 0.0667. The Balaban J connectivity index is 2.32. The van der Waals surface area contributed by atoms with Gasteiger partial charge in [0.1, 0.15) is 0 Å². The van der Waals surface area contributed by atoms with Gasteiger partial charge in [-0.15, -0.1) is 0 Å². The molecule has 2 aromatic rings. The standard InChI is InChI=1S/C15H14ClN3O4S/c1-18-14(20)9-3-2-4-10(7-9)19-15(21)12-8-11(24(17,22)23)5-6-13(12)16/h2-8H,1H3,(H,18,20)(H,19,21)(H2,17,22,23). The summed E-state index contributed by atoms with van der Waals surface area (Å²) in [7, 11) is -2.47. The first-order valence-corrected chi connectivity index (χ1v) is 8.60. The van der Waals surface area contributed by atoms with E-state index >= 15 is 0 Å². The molecule has 24 heavy (non-hydrogen) atoms. The predicted octanol–water partition coefficient (Wildman–Crippen LogP) is 1.60. The molecule has 0 aliphatic rings. The maximum Gasteiger partial charge on any atom is 0.257 e. The number of carbonyl (C=O) groups excluding carboxylic acids is 2. The van der Waals surface area contributed by atoms with Crippen LogP contribution in [0.3, 0.4) is 0 Å². The van der Waals surface area contributed by atoms with E-state index in [0.29, 0.717) is 11.3 Å². The van der Waals surface area contributed by atoms with Gasteiger partial charge in [0.05, 0.1) is 15.5 Å². The van der Waals surface area contributed by atoms with Crippen LogP contribution in [-0.4, -0.2) is 27.3 Å². The number of anilines is 1. The molecule has 0 aromatic heterocycles. The van der Waals surface area contributed by atoms with Gasteiger partial charge in [-0.3, -0.25) is 9.59 Å². The third-order valence-electron chi connectivity index (χ3n) is 3.12. The van der Waals surface area contributed by atoms with E-state index in [-0.39, 0.29) is 21.4 Å². The average molecular weight is 368 g/mol. The van der Waals surface area contributed by atoms with Crippen LogP contribution >= 0.6 is 11.6 Å². The first kappa shape index (κ1) is 17.9. The van der Waals surface area contributed by atoms with Gasteiger partial charge in [-0.2, -0.15) is 0 Å². The average Bonchev–Trinajstić information content (AvgIpc) is 2.53. The van der Waals surface area contributed by atoms with Crippen LogP contribution in [-0.2, 0) is 10.0 Å². The van der Waals surface area contributed by atoms with Gasteiger partial charge in [-0.25, -0.2) is 13.6 Å². The molecule has 2 aromatic carbocycles. The molecule has 0 saturated heterocycles. The molecular weight excluding hydrogens is 354 g/mol. The highest BCUT2D eigenvalue weighted by Gasteiger charge is 2.16. The van der Waals surface area contributed by atoms with E-state index in [1.54, 1.807) is 18.2 Å². The van der Waals surface area contributed by atoms with Crippen molar-refractivity contribution < 1.29 is 18.0 Å². The number of primary sulfonamides is 1. The monoisotopic (exact) mass is 367 g/mol. The highest BCUT2D eigenvalue weighted by molar-refractivity contribution is 7.89. The Kier molecular flexibility index (Phi) is 5.23. The zero-order chi connectivity index (χ0) is 17.9. The van der Waals surface area contributed by atoms with Crippen LogP contribution in [0.25, 0.3) is 0 Å². The lowest BCUT2D eigenvalue weighted by molar-refractivity contribution is 0.0961. The van der Waals surface area contributed by atoms with Crippen LogP contribution in [0.1, 0.15) is 20.7 Å². The van der Waals surface area contributed by atoms with Crippen molar-refractivity contribution in [3.05, 3.63) is 58.6 Å². The molecule has 0 heterocycles. The summed E-state index contributed by atoms with van der Waals surface area (Å²) in [6.45, 7) is 0. The van der Waals surface area contributed by atoms with Crippen molar-refractivity contribution in [3.63, 3.8) is 0 Å². The zero-order valence-corrected chi connectivity index (χ0v) is 14.1. The molecule has 2 amide bonds. The van der Waals surface area contributed by atoms with Gasteiger partial charge in [-0.05, 0) is 36.4 Å². The van der Waals surface area contributed by atoms with Gasteiger partial charge in [0.15, 0.2) is 0 Å². The molecule has 4 N–H and O–H groups in total. The third-order valence-corrected chi connectivity index (χ3v) is 4.36. The molecule has 0 aliphatic heterocycles. The van der Waals surface area contributed by atoms with E-state index in [9.17, 15) is 18.0 Å². The molecule has 0 atom stereocenters. The van der Waals surface area contributed by atoms with Crippen molar-refractivity contribution in [1.29, 1.82) is 0 Å². The SMILES string of the molecule is CNC(=O)c1cccc(NC(=O)c2cc(S(N)(=O)=O)ccc2Cl)c1. The molecule has 7 nitrogen and oxygen atoms in total. The van der Waals surface area contributed by atoms with Gasteiger partial charge in [0.2, 0.25) is 10.0 Å². The van der Waals surface area contributed by atoms with Crippen molar-refractivity contribution in [2.75, 3.05) is 12.4 Å². The van der Waals surface area contributed by atoms with Gasteiger partial charge < -0.3 is 10.6 Å². The summed E-state index contributed by atoms with van der Waals surface area (Å²) in [6, 6.07) is 9.83. The second-order valence-electron chi connectivity index (χ2n) is 4.80. The number of hydrogen-bond donors (Lipinski definition) is 3.